The van der Waals surface area contributed by atoms with Crippen LogP contribution in [0.2, 0.25) is 5.02 Å². The van der Waals surface area contributed by atoms with Crippen LogP contribution in [0.1, 0.15) is 33.9 Å². The summed E-state index contributed by atoms with van der Waals surface area (Å²) in [4.78, 5) is 12.7. The number of halogens is 1. The van der Waals surface area contributed by atoms with Crippen LogP contribution >= 0.6 is 11.6 Å². The molecule has 0 heterocycles. The molecule has 0 aliphatic heterocycles. The van der Waals surface area contributed by atoms with Crippen molar-refractivity contribution in [3.05, 3.63) is 101 Å². The Morgan fingerprint density at radius 2 is 1.56 bits per heavy atom. The van der Waals surface area contributed by atoms with Crippen LogP contribution in [0.3, 0.4) is 0 Å². The number of hydrogen-bond acceptors (Lipinski definition) is 2. The molecule has 0 amide bonds. The van der Waals surface area contributed by atoms with Gasteiger partial charge >= 0.3 is 0 Å². The second-order valence-corrected chi connectivity index (χ2v) is 6.54. The van der Waals surface area contributed by atoms with E-state index in [1.54, 1.807) is 0 Å². The average molecular weight is 350 g/mol. The van der Waals surface area contributed by atoms with E-state index in [1.807, 2.05) is 85.8 Å². The highest BCUT2D eigenvalue weighted by Crippen LogP contribution is 2.25. The van der Waals surface area contributed by atoms with E-state index in [0.717, 1.165) is 22.4 Å². The minimum absolute atomic E-state index is 0.101. The summed E-state index contributed by atoms with van der Waals surface area (Å²) in [6.07, 6.45) is 0.385. The standard InChI is InChI=1S/C22H20ClNO/c1-16-7-9-18(10-8-16)22(25)15-21(17-5-3-2-4-6-17)24-20-13-11-19(23)12-14-20/h2-14,21,24H,15H2,1H3/t21-/m0/s1. The minimum Gasteiger partial charge on any atom is -0.378 e. The molecule has 0 unspecified atom stereocenters. The largest absolute Gasteiger partial charge is 0.378 e. The molecule has 3 rings (SSSR count). The third-order valence-corrected chi connectivity index (χ3v) is 4.40. The molecule has 3 heteroatoms. The molecule has 1 N–H and O–H groups in total. The van der Waals surface area contributed by atoms with Crippen LogP contribution in [0.15, 0.2) is 78.9 Å². The highest BCUT2D eigenvalue weighted by atomic mass is 35.5. The van der Waals surface area contributed by atoms with Gasteiger partial charge in [-0.1, -0.05) is 71.8 Å². The number of aryl methyl sites for hydroxylation is 1. The van der Waals surface area contributed by atoms with E-state index < -0.39 is 0 Å². The van der Waals surface area contributed by atoms with Crippen molar-refractivity contribution in [1.82, 2.24) is 0 Å². The number of ketones is 1. The lowest BCUT2D eigenvalue weighted by atomic mass is 9.97. The molecule has 0 aliphatic carbocycles. The van der Waals surface area contributed by atoms with Crippen LogP contribution in [0.4, 0.5) is 5.69 Å². The minimum atomic E-state index is -0.101. The van der Waals surface area contributed by atoms with Crippen LogP contribution in [-0.2, 0) is 0 Å². The second kappa shape index (κ2) is 8.00. The Balaban J connectivity index is 1.82. The fourth-order valence-electron chi connectivity index (χ4n) is 2.73. The van der Waals surface area contributed by atoms with Crippen molar-refractivity contribution in [3.8, 4) is 0 Å². The summed E-state index contributed by atoms with van der Waals surface area (Å²) in [5.41, 5.74) is 3.91. The van der Waals surface area contributed by atoms with Crippen molar-refractivity contribution in [2.45, 2.75) is 19.4 Å². The summed E-state index contributed by atoms with van der Waals surface area (Å²) >= 11 is 5.96. The van der Waals surface area contributed by atoms with Gasteiger partial charge in [-0.25, -0.2) is 0 Å². The van der Waals surface area contributed by atoms with Crippen LogP contribution in [0.25, 0.3) is 0 Å². The fourth-order valence-corrected chi connectivity index (χ4v) is 2.85. The predicted octanol–water partition coefficient (Wildman–Crippen LogP) is 6.07. The first-order valence-corrected chi connectivity index (χ1v) is 8.66. The molecule has 126 valence electrons. The quantitative estimate of drug-likeness (QED) is 0.547. The highest BCUT2D eigenvalue weighted by Gasteiger charge is 2.17. The van der Waals surface area contributed by atoms with Crippen LogP contribution < -0.4 is 5.32 Å². The zero-order valence-corrected chi connectivity index (χ0v) is 14.8. The molecule has 0 saturated heterocycles. The van der Waals surface area contributed by atoms with E-state index in [-0.39, 0.29) is 11.8 Å². The van der Waals surface area contributed by atoms with Gasteiger partial charge in [-0.2, -0.15) is 0 Å². The number of rotatable bonds is 6. The van der Waals surface area contributed by atoms with Gasteiger partial charge in [0.15, 0.2) is 5.78 Å². The normalized spacial score (nSPS) is 11.8. The molecular formula is C22H20ClNO. The highest BCUT2D eigenvalue weighted by molar-refractivity contribution is 6.30. The third-order valence-electron chi connectivity index (χ3n) is 4.15. The van der Waals surface area contributed by atoms with E-state index in [4.69, 9.17) is 11.6 Å². The van der Waals surface area contributed by atoms with Crippen LogP contribution in [-0.4, -0.2) is 5.78 Å². The van der Waals surface area contributed by atoms with Gasteiger partial charge in [-0.3, -0.25) is 4.79 Å². The maximum atomic E-state index is 12.7. The van der Waals surface area contributed by atoms with Crippen molar-refractivity contribution in [2.75, 3.05) is 5.32 Å². The lowest BCUT2D eigenvalue weighted by Crippen LogP contribution is -2.15. The van der Waals surface area contributed by atoms with Gasteiger partial charge in [0, 0.05) is 22.7 Å². The van der Waals surface area contributed by atoms with E-state index in [1.165, 1.54) is 0 Å². The van der Waals surface area contributed by atoms with Crippen molar-refractivity contribution in [2.24, 2.45) is 0 Å². The predicted molar refractivity (Wildman–Crippen MR) is 104 cm³/mol. The number of anilines is 1. The van der Waals surface area contributed by atoms with Crippen molar-refractivity contribution >= 4 is 23.1 Å². The van der Waals surface area contributed by atoms with Crippen LogP contribution in [0.5, 0.6) is 0 Å². The fraction of sp³-hybridized carbons (Fsp3) is 0.136. The Morgan fingerprint density at radius 1 is 0.920 bits per heavy atom. The summed E-state index contributed by atoms with van der Waals surface area (Å²) < 4.78 is 0. The lowest BCUT2D eigenvalue weighted by Gasteiger charge is -2.20. The Morgan fingerprint density at radius 3 is 2.20 bits per heavy atom. The molecule has 2 nitrogen and oxygen atoms in total. The van der Waals surface area contributed by atoms with Gasteiger partial charge in [0.2, 0.25) is 0 Å². The number of nitrogens with one attached hydrogen (secondary N) is 1. The van der Waals surface area contributed by atoms with E-state index >= 15 is 0 Å². The molecule has 3 aromatic carbocycles. The van der Waals surface area contributed by atoms with Crippen molar-refractivity contribution in [3.63, 3.8) is 0 Å². The molecule has 0 bridgehead atoms. The summed E-state index contributed by atoms with van der Waals surface area (Å²) in [5, 5.41) is 4.15. The van der Waals surface area contributed by atoms with Gasteiger partial charge in [-0.15, -0.1) is 0 Å². The molecule has 0 aliphatic rings. The topological polar surface area (TPSA) is 29.1 Å². The van der Waals surface area contributed by atoms with Gasteiger partial charge < -0.3 is 5.32 Å². The monoisotopic (exact) mass is 349 g/mol. The third kappa shape index (κ3) is 4.71. The number of hydrogen-bond donors (Lipinski definition) is 1. The Labute approximate surface area is 153 Å². The first-order chi connectivity index (χ1) is 12.1. The number of carbonyl (C=O) groups excluding carboxylic acids is 1. The maximum absolute atomic E-state index is 12.7. The first kappa shape index (κ1) is 17.2. The SMILES string of the molecule is Cc1ccc(C(=O)C[C@H](Nc2ccc(Cl)cc2)c2ccccc2)cc1. The lowest BCUT2D eigenvalue weighted by molar-refractivity contribution is 0.0976. The molecule has 0 aromatic heterocycles. The van der Waals surface area contributed by atoms with E-state index in [2.05, 4.69) is 5.32 Å². The second-order valence-electron chi connectivity index (χ2n) is 6.11. The van der Waals surface area contributed by atoms with Gasteiger partial charge in [-0.05, 0) is 36.8 Å². The molecule has 1 atom stereocenters. The summed E-state index contributed by atoms with van der Waals surface area (Å²) in [6, 6.07) is 25.2. The number of benzene rings is 3. The van der Waals surface area contributed by atoms with Crippen LogP contribution in [0, 0.1) is 6.92 Å². The summed E-state index contributed by atoms with van der Waals surface area (Å²) in [7, 11) is 0. The van der Waals surface area contributed by atoms with Gasteiger partial charge in [0.25, 0.3) is 0 Å². The molecule has 3 aromatic rings. The summed E-state index contributed by atoms with van der Waals surface area (Å²) in [6.45, 7) is 2.02. The zero-order valence-electron chi connectivity index (χ0n) is 14.1. The van der Waals surface area contributed by atoms with Crippen molar-refractivity contribution in [1.29, 1.82) is 0 Å². The number of carbonyl (C=O) groups is 1. The van der Waals surface area contributed by atoms with Gasteiger partial charge in [0.1, 0.15) is 0 Å². The number of Topliss-reactive ketones (excluding diaryl/α,β-unsaturated/α-hetero) is 1. The van der Waals surface area contributed by atoms with E-state index in [0.29, 0.717) is 11.4 Å². The Bertz CT molecular complexity index is 826. The zero-order chi connectivity index (χ0) is 17.6. The molecule has 0 saturated carbocycles. The van der Waals surface area contributed by atoms with E-state index in [9.17, 15) is 4.79 Å². The first-order valence-electron chi connectivity index (χ1n) is 8.29. The summed E-state index contributed by atoms with van der Waals surface area (Å²) in [5.74, 6) is 0.121. The van der Waals surface area contributed by atoms with Crippen molar-refractivity contribution < 1.29 is 4.79 Å². The molecular weight excluding hydrogens is 330 g/mol. The Hall–Kier alpha value is -2.58. The maximum Gasteiger partial charge on any atom is 0.165 e. The molecule has 0 spiro atoms. The molecule has 0 fully saturated rings. The van der Waals surface area contributed by atoms with Gasteiger partial charge in [0.05, 0.1) is 6.04 Å². The Kier molecular flexibility index (Phi) is 5.52. The average Bonchev–Trinajstić information content (AvgIpc) is 2.64. The molecule has 0 radical (unpaired) electrons. The smallest absolute Gasteiger partial charge is 0.165 e. The molecule has 25 heavy (non-hydrogen) atoms.